The number of aryl methyl sites for hydroxylation is 3. The fourth-order valence-electron chi connectivity index (χ4n) is 4.68. The number of nitrogens with zero attached hydrogens (tertiary/aromatic N) is 2. The van der Waals surface area contributed by atoms with Gasteiger partial charge in [-0.2, -0.15) is 0 Å². The lowest BCUT2D eigenvalue weighted by atomic mass is 9.95. The van der Waals surface area contributed by atoms with Crippen LogP contribution in [0.3, 0.4) is 0 Å². The number of thiophene rings is 1. The first-order valence-electron chi connectivity index (χ1n) is 11.9. The number of hydrogen-bond acceptors (Lipinski definition) is 3. The third-order valence-electron chi connectivity index (χ3n) is 6.54. The van der Waals surface area contributed by atoms with Gasteiger partial charge in [0, 0.05) is 38.8 Å². The fourth-order valence-corrected chi connectivity index (χ4v) is 6.30. The number of fused-ring (bicyclic) bond motifs is 1. The lowest BCUT2D eigenvalue weighted by Crippen LogP contribution is -2.17. The van der Waals surface area contributed by atoms with E-state index in [9.17, 15) is 4.79 Å². The Balaban J connectivity index is 1.54. The summed E-state index contributed by atoms with van der Waals surface area (Å²) in [6.45, 7) is 6.23. The van der Waals surface area contributed by atoms with Crippen molar-refractivity contribution in [2.45, 2.75) is 46.5 Å². The van der Waals surface area contributed by atoms with Crippen molar-refractivity contribution in [3.8, 4) is 5.00 Å². The van der Waals surface area contributed by atoms with Crippen LogP contribution in [0.1, 0.15) is 56.2 Å². The highest BCUT2D eigenvalue weighted by Crippen LogP contribution is 2.39. The van der Waals surface area contributed by atoms with E-state index in [2.05, 4.69) is 34.8 Å². The normalized spacial score (nSPS) is 13.3. The van der Waals surface area contributed by atoms with E-state index in [0.29, 0.717) is 5.02 Å². The van der Waals surface area contributed by atoms with E-state index < -0.39 is 0 Å². The molecule has 0 unspecified atom stereocenters. The molecule has 5 rings (SSSR count). The van der Waals surface area contributed by atoms with Crippen LogP contribution in [0.2, 0.25) is 5.02 Å². The predicted molar refractivity (Wildman–Crippen MR) is 148 cm³/mol. The first kappa shape index (κ1) is 23.6. The lowest BCUT2D eigenvalue weighted by Gasteiger charge is -2.14. The molecule has 1 N–H and O–H groups in total. The molecule has 2 aromatic carbocycles. The summed E-state index contributed by atoms with van der Waals surface area (Å²) >= 11 is 7.76. The Morgan fingerprint density at radius 3 is 2.49 bits per heavy atom. The number of aliphatic imine (C=N–C) groups is 1. The molecule has 2 heterocycles. The Kier molecular flexibility index (Phi) is 6.63. The number of anilines is 1. The Labute approximate surface area is 215 Å². The van der Waals surface area contributed by atoms with Crippen molar-refractivity contribution in [2.75, 3.05) is 5.32 Å². The van der Waals surface area contributed by atoms with Gasteiger partial charge in [-0.15, -0.1) is 11.3 Å². The number of benzene rings is 2. The maximum Gasteiger partial charge on any atom is 0.258 e. The molecule has 35 heavy (non-hydrogen) atoms. The minimum absolute atomic E-state index is 0.0351. The molecule has 0 atom stereocenters. The van der Waals surface area contributed by atoms with Gasteiger partial charge < -0.3 is 9.88 Å². The summed E-state index contributed by atoms with van der Waals surface area (Å²) in [7, 11) is 0. The quantitative estimate of drug-likeness (QED) is 0.277. The van der Waals surface area contributed by atoms with Gasteiger partial charge in [-0.3, -0.25) is 9.79 Å². The summed E-state index contributed by atoms with van der Waals surface area (Å²) in [5, 5.41) is 4.84. The molecule has 0 saturated carbocycles. The summed E-state index contributed by atoms with van der Waals surface area (Å²) in [5.74, 6) is -0.0351. The minimum atomic E-state index is -0.0351. The molecule has 0 radical (unpaired) electrons. The number of amides is 1. The van der Waals surface area contributed by atoms with Crippen molar-refractivity contribution in [1.82, 2.24) is 4.57 Å². The maximum absolute atomic E-state index is 13.6. The minimum Gasteiger partial charge on any atom is -0.322 e. The fraction of sp³-hybridized carbons (Fsp3) is 0.241. The second-order valence-electron chi connectivity index (χ2n) is 9.11. The van der Waals surface area contributed by atoms with E-state index in [0.717, 1.165) is 58.2 Å². The van der Waals surface area contributed by atoms with Gasteiger partial charge in [0.2, 0.25) is 0 Å². The number of carbonyl (C=O) groups excluding carboxylic acids is 1. The van der Waals surface area contributed by atoms with Gasteiger partial charge >= 0.3 is 0 Å². The monoisotopic (exact) mass is 501 g/mol. The number of hydrogen-bond donors (Lipinski definition) is 1. The van der Waals surface area contributed by atoms with E-state index in [4.69, 9.17) is 11.6 Å². The van der Waals surface area contributed by atoms with Crippen molar-refractivity contribution in [2.24, 2.45) is 4.99 Å². The van der Waals surface area contributed by atoms with Crippen LogP contribution in [-0.4, -0.2) is 16.7 Å². The molecule has 0 fully saturated rings. The van der Waals surface area contributed by atoms with E-state index >= 15 is 0 Å². The van der Waals surface area contributed by atoms with Crippen molar-refractivity contribution in [3.63, 3.8) is 0 Å². The first-order chi connectivity index (χ1) is 16.9. The van der Waals surface area contributed by atoms with Gasteiger partial charge in [-0.05, 0) is 94.5 Å². The van der Waals surface area contributed by atoms with Crippen LogP contribution in [0.4, 0.5) is 11.4 Å². The molecule has 0 spiro atoms. The summed E-state index contributed by atoms with van der Waals surface area (Å²) in [4.78, 5) is 19.6. The number of carbonyl (C=O) groups is 1. The van der Waals surface area contributed by atoms with Crippen LogP contribution in [-0.2, 0) is 12.8 Å². The zero-order valence-corrected chi connectivity index (χ0v) is 21.8. The van der Waals surface area contributed by atoms with Gasteiger partial charge in [0.1, 0.15) is 5.00 Å². The van der Waals surface area contributed by atoms with Crippen LogP contribution >= 0.6 is 22.9 Å². The molecule has 1 amide bonds. The Hall–Kier alpha value is -3.15. The zero-order valence-electron chi connectivity index (χ0n) is 20.2. The number of nitrogens with one attached hydrogen (secondary N) is 1. The van der Waals surface area contributed by atoms with Crippen molar-refractivity contribution in [3.05, 3.63) is 98.1 Å². The third-order valence-corrected chi connectivity index (χ3v) is 8.07. The van der Waals surface area contributed by atoms with Crippen LogP contribution in [0.15, 0.2) is 59.6 Å². The zero-order chi connectivity index (χ0) is 24.5. The van der Waals surface area contributed by atoms with Crippen LogP contribution in [0.5, 0.6) is 0 Å². The largest absolute Gasteiger partial charge is 0.322 e. The Morgan fingerprint density at radius 2 is 1.74 bits per heavy atom. The predicted octanol–water partition coefficient (Wildman–Crippen LogP) is 8.00. The molecule has 0 bridgehead atoms. The maximum atomic E-state index is 13.6. The topological polar surface area (TPSA) is 46.4 Å². The Morgan fingerprint density at radius 1 is 1.03 bits per heavy atom. The summed E-state index contributed by atoms with van der Waals surface area (Å²) in [6, 6.07) is 17.6. The summed E-state index contributed by atoms with van der Waals surface area (Å²) in [6.07, 6.45) is 6.18. The molecule has 1 aliphatic rings. The highest BCUT2D eigenvalue weighted by Gasteiger charge is 2.28. The van der Waals surface area contributed by atoms with Gasteiger partial charge in [0.25, 0.3) is 5.91 Å². The van der Waals surface area contributed by atoms with E-state index in [1.54, 1.807) is 11.3 Å². The van der Waals surface area contributed by atoms with Crippen molar-refractivity contribution < 1.29 is 4.79 Å². The molecule has 4 nitrogen and oxygen atoms in total. The van der Waals surface area contributed by atoms with E-state index in [1.165, 1.54) is 22.4 Å². The second-order valence-corrected chi connectivity index (χ2v) is 10.6. The van der Waals surface area contributed by atoms with Gasteiger partial charge in [0.15, 0.2) is 0 Å². The average molecular weight is 502 g/mol. The van der Waals surface area contributed by atoms with E-state index in [1.807, 2.05) is 61.7 Å². The molecule has 1 aliphatic carbocycles. The van der Waals surface area contributed by atoms with Gasteiger partial charge in [0.05, 0.1) is 11.3 Å². The van der Waals surface area contributed by atoms with Crippen LogP contribution in [0.25, 0.3) is 5.00 Å². The molecule has 0 aliphatic heterocycles. The Bertz CT molecular complexity index is 1410. The molecular weight excluding hydrogens is 474 g/mol. The summed E-state index contributed by atoms with van der Waals surface area (Å²) < 4.78 is 2.22. The summed E-state index contributed by atoms with van der Waals surface area (Å²) in [5.41, 5.74) is 8.06. The second kappa shape index (κ2) is 9.84. The number of rotatable bonds is 5. The highest BCUT2D eigenvalue weighted by molar-refractivity contribution is 7.15. The highest BCUT2D eigenvalue weighted by atomic mass is 35.5. The number of aromatic nitrogens is 1. The molecule has 178 valence electrons. The average Bonchev–Trinajstić information content (AvgIpc) is 3.36. The lowest BCUT2D eigenvalue weighted by molar-refractivity contribution is 0.102. The van der Waals surface area contributed by atoms with Crippen LogP contribution in [0, 0.1) is 20.8 Å². The molecule has 2 aromatic heterocycles. The van der Waals surface area contributed by atoms with Gasteiger partial charge in [-0.1, -0.05) is 29.3 Å². The third kappa shape index (κ3) is 4.84. The van der Waals surface area contributed by atoms with Gasteiger partial charge in [-0.25, -0.2) is 0 Å². The number of halogens is 1. The van der Waals surface area contributed by atoms with E-state index in [-0.39, 0.29) is 5.91 Å². The first-order valence-corrected chi connectivity index (χ1v) is 13.1. The smallest absolute Gasteiger partial charge is 0.258 e. The standard InChI is InChI=1S/C29H28ClN3OS/c1-18-8-12-24(13-9-18)32-28(34)27-25-6-4-5-7-26(25)35-29(27)33-19(2)16-21(20(33)3)17-31-23-14-10-22(30)11-15-23/h8-17H,4-7H2,1-3H3,(H,32,34). The molecule has 0 saturated heterocycles. The molecule has 4 aromatic rings. The molecular formula is C29H28ClN3OS. The van der Waals surface area contributed by atoms with Crippen LogP contribution < -0.4 is 5.32 Å². The van der Waals surface area contributed by atoms with Crippen molar-refractivity contribution >= 4 is 46.4 Å². The van der Waals surface area contributed by atoms with Crippen molar-refractivity contribution in [1.29, 1.82) is 0 Å². The SMILES string of the molecule is Cc1ccc(NC(=O)c2c(-n3c(C)cc(C=Nc4ccc(Cl)cc4)c3C)sc3c2CCCC3)cc1. The molecule has 6 heteroatoms.